The van der Waals surface area contributed by atoms with Gasteiger partial charge in [-0.25, -0.2) is 4.98 Å². The lowest BCUT2D eigenvalue weighted by Crippen LogP contribution is -2.30. The van der Waals surface area contributed by atoms with Gasteiger partial charge in [0.1, 0.15) is 5.82 Å². The molecule has 2 aromatic rings. The monoisotopic (exact) mass is 357 g/mol. The minimum absolute atomic E-state index is 0.165. The molecule has 0 fully saturated rings. The molecule has 0 bridgehead atoms. The molecule has 0 aliphatic rings. The number of hydrogen-bond donors (Lipinski definition) is 2. The van der Waals surface area contributed by atoms with Gasteiger partial charge in [-0.05, 0) is 23.8 Å². The van der Waals surface area contributed by atoms with Gasteiger partial charge in [-0.2, -0.15) is 13.2 Å². The number of hydrogen-bond acceptors (Lipinski definition) is 3. The van der Waals surface area contributed by atoms with Gasteiger partial charge in [0, 0.05) is 24.3 Å². The summed E-state index contributed by atoms with van der Waals surface area (Å²) in [4.78, 5) is 15.5. The smallest absolute Gasteiger partial charge is 0.368 e. The van der Waals surface area contributed by atoms with Crippen molar-refractivity contribution < 1.29 is 18.0 Å². The summed E-state index contributed by atoms with van der Waals surface area (Å²) < 4.78 is 37.2. The molecule has 1 heterocycles. The third kappa shape index (κ3) is 5.42. The summed E-state index contributed by atoms with van der Waals surface area (Å²) in [6.07, 6.45) is -3.48. The van der Waals surface area contributed by atoms with Crippen LogP contribution in [-0.4, -0.2) is 24.0 Å². The van der Waals surface area contributed by atoms with Crippen molar-refractivity contribution in [2.24, 2.45) is 0 Å². The summed E-state index contributed by atoms with van der Waals surface area (Å²) in [7, 11) is 0. The fourth-order valence-corrected chi connectivity index (χ4v) is 2.14. The van der Waals surface area contributed by atoms with Crippen molar-refractivity contribution in [2.45, 2.75) is 12.6 Å². The number of carbonyl (C=O) groups is 1. The van der Waals surface area contributed by atoms with Crippen LogP contribution in [0.5, 0.6) is 0 Å². The second kappa shape index (κ2) is 8.01. The molecule has 0 aliphatic heterocycles. The van der Waals surface area contributed by atoms with Crippen LogP contribution in [0.3, 0.4) is 0 Å². The Morgan fingerprint density at radius 3 is 2.50 bits per heavy atom. The third-order valence-electron chi connectivity index (χ3n) is 3.15. The van der Waals surface area contributed by atoms with E-state index >= 15 is 0 Å². The zero-order valence-corrected chi connectivity index (χ0v) is 13.3. The van der Waals surface area contributed by atoms with E-state index in [0.717, 1.165) is 17.8 Å². The first-order valence-corrected chi connectivity index (χ1v) is 7.51. The fourth-order valence-electron chi connectivity index (χ4n) is 1.94. The second-order valence-corrected chi connectivity index (χ2v) is 5.38. The van der Waals surface area contributed by atoms with Crippen molar-refractivity contribution in [1.29, 1.82) is 0 Å². The number of nitrogens with one attached hydrogen (secondary N) is 2. The highest BCUT2D eigenvalue weighted by atomic mass is 35.5. The highest BCUT2D eigenvalue weighted by molar-refractivity contribution is 6.31. The standard InChI is InChI=1S/C16H15ClF3N3O/c17-13-4-2-1-3-11(13)9-15(24)22-8-7-21-14-6-5-12(10-23-14)16(18,19)20/h1-6,10H,7-9H2,(H,21,23)(H,22,24). The number of rotatable bonds is 6. The molecule has 24 heavy (non-hydrogen) atoms. The Balaban J connectivity index is 1.73. The Morgan fingerprint density at radius 2 is 1.88 bits per heavy atom. The van der Waals surface area contributed by atoms with Gasteiger partial charge >= 0.3 is 6.18 Å². The Kier molecular flexibility index (Phi) is 6.03. The van der Waals surface area contributed by atoms with E-state index in [4.69, 9.17) is 11.6 Å². The van der Waals surface area contributed by atoms with Crippen LogP contribution in [0.1, 0.15) is 11.1 Å². The number of benzene rings is 1. The van der Waals surface area contributed by atoms with E-state index in [2.05, 4.69) is 15.6 Å². The van der Waals surface area contributed by atoms with Crippen LogP contribution in [0.15, 0.2) is 42.6 Å². The topological polar surface area (TPSA) is 54.0 Å². The number of pyridine rings is 1. The van der Waals surface area contributed by atoms with Gasteiger partial charge in [-0.1, -0.05) is 29.8 Å². The van der Waals surface area contributed by atoms with Crippen LogP contribution < -0.4 is 10.6 Å². The maximum absolute atomic E-state index is 12.4. The van der Waals surface area contributed by atoms with E-state index in [1.807, 2.05) is 0 Å². The summed E-state index contributed by atoms with van der Waals surface area (Å²) in [6.45, 7) is 0.651. The third-order valence-corrected chi connectivity index (χ3v) is 3.52. The molecule has 1 amide bonds. The fraction of sp³-hybridized carbons (Fsp3) is 0.250. The molecule has 1 aromatic carbocycles. The Hall–Kier alpha value is -2.28. The quantitative estimate of drug-likeness (QED) is 0.778. The van der Waals surface area contributed by atoms with Crippen molar-refractivity contribution >= 4 is 23.3 Å². The predicted octanol–water partition coefficient (Wildman–Crippen LogP) is 3.52. The highest BCUT2D eigenvalue weighted by Gasteiger charge is 2.30. The van der Waals surface area contributed by atoms with E-state index in [0.29, 0.717) is 23.9 Å². The number of aromatic nitrogens is 1. The Bertz CT molecular complexity index is 690. The van der Waals surface area contributed by atoms with E-state index in [1.165, 1.54) is 6.07 Å². The molecule has 0 saturated carbocycles. The molecule has 2 N–H and O–H groups in total. The molecule has 1 aromatic heterocycles. The van der Waals surface area contributed by atoms with Crippen LogP contribution in [-0.2, 0) is 17.4 Å². The zero-order chi connectivity index (χ0) is 17.6. The molecular formula is C16H15ClF3N3O. The van der Waals surface area contributed by atoms with Crippen molar-refractivity contribution in [1.82, 2.24) is 10.3 Å². The normalized spacial score (nSPS) is 11.2. The maximum Gasteiger partial charge on any atom is 0.417 e. The van der Waals surface area contributed by atoms with E-state index in [9.17, 15) is 18.0 Å². The Morgan fingerprint density at radius 1 is 1.12 bits per heavy atom. The first-order valence-electron chi connectivity index (χ1n) is 7.13. The minimum atomic E-state index is -4.40. The molecule has 0 spiro atoms. The van der Waals surface area contributed by atoms with Gasteiger partial charge < -0.3 is 10.6 Å². The Labute approximate surface area is 142 Å². The molecule has 0 unspecified atom stereocenters. The highest BCUT2D eigenvalue weighted by Crippen LogP contribution is 2.28. The molecule has 0 atom stereocenters. The maximum atomic E-state index is 12.4. The van der Waals surface area contributed by atoms with E-state index < -0.39 is 11.7 Å². The lowest BCUT2D eigenvalue weighted by atomic mass is 10.1. The number of alkyl halides is 3. The number of halogens is 4. The van der Waals surface area contributed by atoms with Crippen molar-refractivity contribution in [2.75, 3.05) is 18.4 Å². The van der Waals surface area contributed by atoms with E-state index in [1.54, 1.807) is 24.3 Å². The van der Waals surface area contributed by atoms with Crippen molar-refractivity contribution in [3.63, 3.8) is 0 Å². The summed E-state index contributed by atoms with van der Waals surface area (Å²) in [6, 6.07) is 9.25. The lowest BCUT2D eigenvalue weighted by Gasteiger charge is -2.09. The average Bonchev–Trinajstić information content (AvgIpc) is 2.53. The van der Waals surface area contributed by atoms with Crippen LogP contribution in [0, 0.1) is 0 Å². The summed E-state index contributed by atoms with van der Waals surface area (Å²) in [5.74, 6) is 0.119. The molecule has 8 heteroatoms. The van der Waals surface area contributed by atoms with Gasteiger partial charge in [0.25, 0.3) is 0 Å². The zero-order valence-electron chi connectivity index (χ0n) is 12.5. The van der Waals surface area contributed by atoms with Crippen LogP contribution in [0.2, 0.25) is 5.02 Å². The molecule has 0 saturated heterocycles. The van der Waals surface area contributed by atoms with Crippen LogP contribution >= 0.6 is 11.6 Å². The van der Waals surface area contributed by atoms with Crippen molar-refractivity contribution in [3.8, 4) is 0 Å². The van der Waals surface area contributed by atoms with Crippen LogP contribution in [0.25, 0.3) is 0 Å². The number of amides is 1. The van der Waals surface area contributed by atoms with Gasteiger partial charge in [-0.3, -0.25) is 4.79 Å². The molecular weight excluding hydrogens is 343 g/mol. The van der Waals surface area contributed by atoms with Gasteiger partial charge in [0.15, 0.2) is 0 Å². The van der Waals surface area contributed by atoms with Crippen molar-refractivity contribution in [3.05, 3.63) is 58.7 Å². The molecule has 0 aliphatic carbocycles. The van der Waals surface area contributed by atoms with Gasteiger partial charge in [-0.15, -0.1) is 0 Å². The summed E-state index contributed by atoms with van der Waals surface area (Å²) >= 11 is 5.97. The minimum Gasteiger partial charge on any atom is -0.368 e. The second-order valence-electron chi connectivity index (χ2n) is 4.97. The molecule has 0 radical (unpaired) electrons. The van der Waals surface area contributed by atoms with E-state index in [-0.39, 0.29) is 12.3 Å². The number of carbonyl (C=O) groups excluding carboxylic acids is 1. The molecule has 4 nitrogen and oxygen atoms in total. The van der Waals surface area contributed by atoms with Gasteiger partial charge in [0.05, 0.1) is 12.0 Å². The SMILES string of the molecule is O=C(Cc1ccccc1Cl)NCCNc1ccc(C(F)(F)F)cn1. The summed E-state index contributed by atoms with van der Waals surface area (Å²) in [5, 5.41) is 6.06. The van der Waals surface area contributed by atoms with Crippen LogP contribution in [0.4, 0.5) is 19.0 Å². The molecule has 128 valence electrons. The molecule has 2 rings (SSSR count). The number of nitrogens with zero attached hydrogens (tertiary/aromatic N) is 1. The lowest BCUT2D eigenvalue weighted by molar-refractivity contribution is -0.137. The largest absolute Gasteiger partial charge is 0.417 e. The first-order chi connectivity index (χ1) is 11.4. The average molecular weight is 358 g/mol. The van der Waals surface area contributed by atoms with Gasteiger partial charge in [0.2, 0.25) is 5.91 Å². The summed E-state index contributed by atoms with van der Waals surface area (Å²) in [5.41, 5.74) is -0.0740. The first kappa shape index (κ1) is 18.1. The number of anilines is 1. The predicted molar refractivity (Wildman–Crippen MR) is 85.9 cm³/mol.